The molecule has 6 nitrogen and oxygen atoms in total. The van der Waals surface area contributed by atoms with Crippen LogP contribution in [0.5, 0.6) is 0 Å². The number of hydrogen-bond acceptors (Lipinski definition) is 4. The molecule has 2 fully saturated rings. The van der Waals surface area contributed by atoms with Crippen LogP contribution in [0.4, 0.5) is 0 Å². The first-order valence-corrected chi connectivity index (χ1v) is 8.35. The number of rotatable bonds is 3. The minimum atomic E-state index is -0.909. The molecule has 1 N–H and O–H groups in total. The van der Waals surface area contributed by atoms with Gasteiger partial charge < -0.3 is 19.2 Å². The van der Waals surface area contributed by atoms with E-state index in [1.54, 1.807) is 11.0 Å². The van der Waals surface area contributed by atoms with Gasteiger partial charge in [0.25, 0.3) is 5.91 Å². The second-order valence-corrected chi connectivity index (χ2v) is 6.70. The van der Waals surface area contributed by atoms with Crippen molar-refractivity contribution in [3.8, 4) is 11.1 Å². The number of furan rings is 1. The molecule has 0 spiro atoms. The van der Waals surface area contributed by atoms with Gasteiger partial charge in [0.05, 0.1) is 18.3 Å². The second-order valence-electron chi connectivity index (χ2n) is 6.70. The van der Waals surface area contributed by atoms with Crippen LogP contribution in [-0.4, -0.2) is 48.2 Å². The van der Waals surface area contributed by atoms with Crippen molar-refractivity contribution in [3.05, 3.63) is 48.4 Å². The SMILES string of the molecule is O=C(c1occc1-c1ccccc1)N1C[C@H]2COCC[C@@]2(C(=O)O)C1. The van der Waals surface area contributed by atoms with Crippen molar-refractivity contribution in [2.24, 2.45) is 11.3 Å². The summed E-state index contributed by atoms with van der Waals surface area (Å²) < 4.78 is 10.9. The third kappa shape index (κ3) is 2.53. The van der Waals surface area contributed by atoms with Crippen LogP contribution in [0.15, 0.2) is 47.1 Å². The van der Waals surface area contributed by atoms with Crippen molar-refractivity contribution >= 4 is 11.9 Å². The van der Waals surface area contributed by atoms with Crippen LogP contribution < -0.4 is 0 Å². The lowest BCUT2D eigenvalue weighted by Crippen LogP contribution is -2.45. The highest BCUT2D eigenvalue weighted by atomic mass is 16.5. The van der Waals surface area contributed by atoms with Crippen LogP contribution in [-0.2, 0) is 9.53 Å². The van der Waals surface area contributed by atoms with Crippen molar-refractivity contribution in [1.82, 2.24) is 4.90 Å². The van der Waals surface area contributed by atoms with E-state index in [0.717, 1.165) is 11.1 Å². The fourth-order valence-corrected chi connectivity index (χ4v) is 3.92. The summed E-state index contributed by atoms with van der Waals surface area (Å²) in [5.74, 6) is -1.04. The summed E-state index contributed by atoms with van der Waals surface area (Å²) in [6.07, 6.45) is 1.93. The number of aliphatic carboxylic acids is 1. The van der Waals surface area contributed by atoms with Crippen molar-refractivity contribution < 1.29 is 23.8 Å². The molecule has 0 saturated carbocycles. The molecule has 1 aromatic heterocycles. The number of amides is 1. The normalized spacial score (nSPS) is 25.6. The van der Waals surface area contributed by atoms with Crippen LogP contribution in [0.2, 0.25) is 0 Å². The summed E-state index contributed by atoms with van der Waals surface area (Å²) in [4.78, 5) is 26.5. The Bertz CT molecular complexity index is 799. The third-order valence-electron chi connectivity index (χ3n) is 5.36. The zero-order valence-electron chi connectivity index (χ0n) is 13.7. The molecule has 3 heterocycles. The van der Waals surface area contributed by atoms with Crippen LogP contribution in [0.25, 0.3) is 11.1 Å². The highest BCUT2D eigenvalue weighted by molar-refractivity contribution is 5.99. The minimum Gasteiger partial charge on any atom is -0.481 e. The molecule has 25 heavy (non-hydrogen) atoms. The van der Waals surface area contributed by atoms with Crippen molar-refractivity contribution in [2.45, 2.75) is 6.42 Å². The van der Waals surface area contributed by atoms with Crippen molar-refractivity contribution in [2.75, 3.05) is 26.3 Å². The average molecular weight is 341 g/mol. The summed E-state index contributed by atoms with van der Waals surface area (Å²) in [5, 5.41) is 9.74. The van der Waals surface area contributed by atoms with E-state index in [0.29, 0.717) is 26.2 Å². The fraction of sp³-hybridized carbons (Fsp3) is 0.368. The van der Waals surface area contributed by atoms with Gasteiger partial charge in [-0.05, 0) is 18.1 Å². The van der Waals surface area contributed by atoms with E-state index in [1.807, 2.05) is 30.3 Å². The molecule has 6 heteroatoms. The molecule has 2 aromatic rings. The Balaban J connectivity index is 1.63. The monoisotopic (exact) mass is 341 g/mol. The molecule has 0 bridgehead atoms. The highest BCUT2D eigenvalue weighted by Gasteiger charge is 2.55. The Labute approximate surface area is 145 Å². The topological polar surface area (TPSA) is 80.0 Å². The van der Waals surface area contributed by atoms with Gasteiger partial charge in [0, 0.05) is 31.2 Å². The number of likely N-dealkylation sites (tertiary alicyclic amines) is 1. The van der Waals surface area contributed by atoms with E-state index < -0.39 is 11.4 Å². The van der Waals surface area contributed by atoms with E-state index in [-0.39, 0.29) is 24.1 Å². The Morgan fingerprint density at radius 1 is 1.20 bits per heavy atom. The molecular weight excluding hydrogens is 322 g/mol. The maximum Gasteiger partial charge on any atom is 0.311 e. The number of hydrogen-bond donors (Lipinski definition) is 1. The van der Waals surface area contributed by atoms with Crippen LogP contribution in [0.1, 0.15) is 17.0 Å². The van der Waals surface area contributed by atoms with E-state index in [9.17, 15) is 14.7 Å². The second kappa shape index (κ2) is 6.04. The van der Waals surface area contributed by atoms with Crippen molar-refractivity contribution in [1.29, 1.82) is 0 Å². The molecule has 1 amide bonds. The molecule has 0 aliphatic carbocycles. The lowest BCUT2D eigenvalue weighted by molar-refractivity contribution is -0.157. The predicted octanol–water partition coefficient (Wildman–Crippen LogP) is 2.51. The third-order valence-corrected chi connectivity index (χ3v) is 5.36. The average Bonchev–Trinajstić information content (AvgIpc) is 3.27. The zero-order chi connectivity index (χ0) is 17.4. The van der Waals surface area contributed by atoms with Crippen molar-refractivity contribution in [3.63, 3.8) is 0 Å². The molecule has 0 radical (unpaired) electrons. The Morgan fingerprint density at radius 2 is 2.00 bits per heavy atom. The predicted molar refractivity (Wildman–Crippen MR) is 89.0 cm³/mol. The molecule has 2 saturated heterocycles. The number of nitrogens with zero attached hydrogens (tertiary/aromatic N) is 1. The molecular formula is C19H19NO5. The first-order chi connectivity index (χ1) is 12.1. The quantitative estimate of drug-likeness (QED) is 0.928. The van der Waals surface area contributed by atoms with Crippen LogP contribution >= 0.6 is 0 Å². The Hall–Kier alpha value is -2.60. The largest absolute Gasteiger partial charge is 0.481 e. The zero-order valence-corrected chi connectivity index (χ0v) is 13.7. The molecule has 4 rings (SSSR count). The smallest absolute Gasteiger partial charge is 0.311 e. The highest BCUT2D eigenvalue weighted by Crippen LogP contribution is 2.43. The van der Waals surface area contributed by atoms with Gasteiger partial charge in [-0.1, -0.05) is 30.3 Å². The number of ether oxygens (including phenoxy) is 1. The summed E-state index contributed by atoms with van der Waals surface area (Å²) in [6.45, 7) is 1.37. The molecule has 0 unspecified atom stereocenters. The lowest BCUT2D eigenvalue weighted by atomic mass is 9.74. The fourth-order valence-electron chi connectivity index (χ4n) is 3.92. The van der Waals surface area contributed by atoms with E-state index in [1.165, 1.54) is 6.26 Å². The summed E-state index contributed by atoms with van der Waals surface area (Å²) in [7, 11) is 0. The van der Waals surface area contributed by atoms with Gasteiger partial charge in [0.2, 0.25) is 0 Å². The van der Waals surface area contributed by atoms with Gasteiger partial charge in [-0.25, -0.2) is 0 Å². The number of carbonyl (C=O) groups excluding carboxylic acids is 1. The van der Waals surface area contributed by atoms with E-state index in [2.05, 4.69) is 0 Å². The first kappa shape index (κ1) is 15.9. The van der Waals surface area contributed by atoms with Gasteiger partial charge in [0.1, 0.15) is 0 Å². The maximum atomic E-state index is 13.0. The van der Waals surface area contributed by atoms with Gasteiger partial charge >= 0.3 is 5.97 Å². The molecule has 2 aliphatic heterocycles. The summed E-state index contributed by atoms with van der Waals surface area (Å²) in [5.41, 5.74) is 0.710. The van der Waals surface area contributed by atoms with Crippen LogP contribution in [0.3, 0.4) is 0 Å². The molecule has 1 aromatic carbocycles. The number of benzene rings is 1. The summed E-state index contributed by atoms with van der Waals surface area (Å²) >= 11 is 0. The van der Waals surface area contributed by atoms with E-state index >= 15 is 0 Å². The van der Waals surface area contributed by atoms with Gasteiger partial charge in [-0.15, -0.1) is 0 Å². The van der Waals surface area contributed by atoms with E-state index in [4.69, 9.17) is 9.15 Å². The maximum absolute atomic E-state index is 13.0. The minimum absolute atomic E-state index is 0.183. The number of fused-ring (bicyclic) bond motifs is 1. The number of carbonyl (C=O) groups is 2. The summed E-state index contributed by atoms with van der Waals surface area (Å²) in [6, 6.07) is 11.3. The van der Waals surface area contributed by atoms with Gasteiger partial charge in [-0.3, -0.25) is 9.59 Å². The number of carboxylic acids is 1. The molecule has 130 valence electrons. The molecule has 2 atom stereocenters. The molecule has 2 aliphatic rings. The van der Waals surface area contributed by atoms with Gasteiger partial charge in [0.15, 0.2) is 5.76 Å². The Kier molecular flexibility index (Phi) is 3.84. The lowest BCUT2D eigenvalue weighted by Gasteiger charge is -2.33. The van der Waals surface area contributed by atoms with Crippen LogP contribution in [0, 0.1) is 11.3 Å². The Morgan fingerprint density at radius 3 is 2.72 bits per heavy atom. The number of carboxylic acid groups (broad SMARTS) is 1. The first-order valence-electron chi connectivity index (χ1n) is 8.35. The standard InChI is InChI=1S/C19H19NO5/c21-17(16-15(6-8-25-16)13-4-2-1-3-5-13)20-10-14-11-24-9-7-19(14,12-20)18(22)23/h1-6,8,14H,7,9-12H2,(H,22,23)/t14-,19+/m0/s1. The van der Waals surface area contributed by atoms with Gasteiger partial charge in [-0.2, -0.15) is 0 Å².